The standard InChI is InChI=1S/C15H17ClN4O/c1-9(2)19-14-7-13(17-8-18-14)15(21)20-12-6-4-5-11(16)10(12)3/h4-9H,1-3H3,(H,20,21)(H,17,18,19). The lowest BCUT2D eigenvalue weighted by Crippen LogP contribution is -2.17. The Morgan fingerprint density at radius 3 is 2.76 bits per heavy atom. The van der Waals surface area contributed by atoms with E-state index in [9.17, 15) is 4.79 Å². The zero-order chi connectivity index (χ0) is 15.4. The van der Waals surface area contributed by atoms with Crippen molar-refractivity contribution in [3.63, 3.8) is 0 Å². The van der Waals surface area contributed by atoms with E-state index in [1.54, 1.807) is 24.3 Å². The molecule has 5 nitrogen and oxygen atoms in total. The number of carbonyl (C=O) groups is 1. The van der Waals surface area contributed by atoms with Crippen LogP contribution in [0.15, 0.2) is 30.6 Å². The molecule has 1 aromatic heterocycles. The molecule has 1 aromatic carbocycles. The smallest absolute Gasteiger partial charge is 0.274 e. The Bertz CT molecular complexity index is 658. The van der Waals surface area contributed by atoms with E-state index in [2.05, 4.69) is 20.6 Å². The van der Waals surface area contributed by atoms with Crippen LogP contribution >= 0.6 is 11.6 Å². The first kappa shape index (κ1) is 15.3. The molecular formula is C15H17ClN4O. The van der Waals surface area contributed by atoms with Crippen molar-refractivity contribution in [2.24, 2.45) is 0 Å². The molecule has 0 saturated carbocycles. The fraction of sp³-hybridized carbons (Fsp3) is 0.267. The SMILES string of the molecule is Cc1c(Cl)cccc1NC(=O)c1cc(NC(C)C)ncn1. The minimum Gasteiger partial charge on any atom is -0.368 e. The highest BCUT2D eigenvalue weighted by atomic mass is 35.5. The van der Waals surface area contributed by atoms with Gasteiger partial charge in [-0.25, -0.2) is 9.97 Å². The van der Waals surface area contributed by atoms with Gasteiger partial charge >= 0.3 is 0 Å². The van der Waals surface area contributed by atoms with Crippen LogP contribution in [-0.2, 0) is 0 Å². The number of anilines is 2. The summed E-state index contributed by atoms with van der Waals surface area (Å²) >= 11 is 6.04. The first-order valence-electron chi connectivity index (χ1n) is 6.62. The van der Waals surface area contributed by atoms with Crippen molar-refractivity contribution in [2.75, 3.05) is 10.6 Å². The maximum absolute atomic E-state index is 12.2. The van der Waals surface area contributed by atoms with E-state index in [-0.39, 0.29) is 11.9 Å². The van der Waals surface area contributed by atoms with Gasteiger partial charge in [-0.2, -0.15) is 0 Å². The van der Waals surface area contributed by atoms with Crippen molar-refractivity contribution in [3.05, 3.63) is 46.9 Å². The second kappa shape index (κ2) is 6.54. The largest absolute Gasteiger partial charge is 0.368 e. The third-order valence-corrected chi connectivity index (χ3v) is 3.26. The summed E-state index contributed by atoms with van der Waals surface area (Å²) < 4.78 is 0. The summed E-state index contributed by atoms with van der Waals surface area (Å²) in [6, 6.07) is 7.22. The number of hydrogen-bond acceptors (Lipinski definition) is 4. The number of carbonyl (C=O) groups excluding carboxylic acids is 1. The molecule has 21 heavy (non-hydrogen) atoms. The van der Waals surface area contributed by atoms with E-state index in [1.165, 1.54) is 6.33 Å². The molecule has 110 valence electrons. The van der Waals surface area contributed by atoms with Crippen molar-refractivity contribution in [1.29, 1.82) is 0 Å². The Hall–Kier alpha value is -2.14. The second-order valence-electron chi connectivity index (χ2n) is 4.95. The quantitative estimate of drug-likeness (QED) is 0.907. The van der Waals surface area contributed by atoms with Crippen molar-refractivity contribution in [3.8, 4) is 0 Å². The number of hydrogen-bond donors (Lipinski definition) is 2. The summed E-state index contributed by atoms with van der Waals surface area (Å²) in [6.45, 7) is 5.85. The average Bonchev–Trinajstić information content (AvgIpc) is 2.43. The molecule has 0 aliphatic carbocycles. The Morgan fingerprint density at radius 1 is 1.29 bits per heavy atom. The van der Waals surface area contributed by atoms with Gasteiger partial charge in [0.25, 0.3) is 5.91 Å². The Kier molecular flexibility index (Phi) is 4.75. The zero-order valence-electron chi connectivity index (χ0n) is 12.1. The molecule has 0 spiro atoms. The lowest BCUT2D eigenvalue weighted by Gasteiger charge is -2.11. The van der Waals surface area contributed by atoms with E-state index >= 15 is 0 Å². The van der Waals surface area contributed by atoms with Gasteiger partial charge in [-0.15, -0.1) is 0 Å². The van der Waals surface area contributed by atoms with Crippen LogP contribution in [0.1, 0.15) is 29.9 Å². The molecule has 1 heterocycles. The lowest BCUT2D eigenvalue weighted by atomic mass is 10.2. The summed E-state index contributed by atoms with van der Waals surface area (Å²) in [5, 5.41) is 6.55. The third kappa shape index (κ3) is 3.92. The summed E-state index contributed by atoms with van der Waals surface area (Å²) in [6.07, 6.45) is 1.37. The zero-order valence-corrected chi connectivity index (χ0v) is 12.9. The molecule has 2 rings (SSSR count). The number of rotatable bonds is 4. The van der Waals surface area contributed by atoms with Gasteiger partial charge in [0.15, 0.2) is 0 Å². The van der Waals surface area contributed by atoms with E-state index in [0.717, 1.165) is 5.56 Å². The Labute approximate surface area is 128 Å². The van der Waals surface area contributed by atoms with Crippen molar-refractivity contribution in [2.45, 2.75) is 26.8 Å². The highest BCUT2D eigenvalue weighted by Gasteiger charge is 2.11. The molecule has 0 aliphatic rings. The Morgan fingerprint density at radius 2 is 2.05 bits per heavy atom. The number of nitrogens with one attached hydrogen (secondary N) is 2. The molecule has 2 aromatic rings. The maximum atomic E-state index is 12.2. The normalized spacial score (nSPS) is 10.5. The van der Waals surface area contributed by atoms with E-state index in [0.29, 0.717) is 22.2 Å². The summed E-state index contributed by atoms with van der Waals surface area (Å²) in [7, 11) is 0. The summed E-state index contributed by atoms with van der Waals surface area (Å²) in [5.41, 5.74) is 1.79. The van der Waals surface area contributed by atoms with Gasteiger partial charge in [-0.05, 0) is 38.5 Å². The van der Waals surface area contributed by atoms with Crippen molar-refractivity contribution < 1.29 is 4.79 Å². The summed E-state index contributed by atoms with van der Waals surface area (Å²) in [5.74, 6) is 0.322. The minimum absolute atomic E-state index is 0.228. The molecule has 0 unspecified atom stereocenters. The summed E-state index contributed by atoms with van der Waals surface area (Å²) in [4.78, 5) is 20.3. The van der Waals surface area contributed by atoms with Crippen LogP contribution in [0.4, 0.5) is 11.5 Å². The van der Waals surface area contributed by atoms with Crippen molar-refractivity contribution >= 4 is 29.0 Å². The molecule has 1 amide bonds. The van der Waals surface area contributed by atoms with Crippen LogP contribution in [-0.4, -0.2) is 21.9 Å². The van der Waals surface area contributed by atoms with E-state index < -0.39 is 0 Å². The average molecular weight is 305 g/mol. The van der Waals surface area contributed by atoms with Gasteiger partial charge in [-0.1, -0.05) is 17.7 Å². The number of benzene rings is 1. The molecule has 0 fully saturated rings. The first-order chi connectivity index (χ1) is 9.97. The molecule has 0 saturated heterocycles. The van der Waals surface area contributed by atoms with Gasteiger partial charge < -0.3 is 10.6 Å². The monoisotopic (exact) mass is 304 g/mol. The maximum Gasteiger partial charge on any atom is 0.274 e. The van der Waals surface area contributed by atoms with E-state index in [1.807, 2.05) is 20.8 Å². The van der Waals surface area contributed by atoms with Gasteiger partial charge in [0.05, 0.1) is 0 Å². The van der Waals surface area contributed by atoms with Crippen molar-refractivity contribution in [1.82, 2.24) is 9.97 Å². The van der Waals surface area contributed by atoms with Crippen LogP contribution in [0, 0.1) is 6.92 Å². The van der Waals surface area contributed by atoms with Crippen LogP contribution < -0.4 is 10.6 Å². The topological polar surface area (TPSA) is 66.9 Å². The van der Waals surface area contributed by atoms with Crippen LogP contribution in [0.2, 0.25) is 5.02 Å². The molecule has 6 heteroatoms. The third-order valence-electron chi connectivity index (χ3n) is 2.85. The Balaban J connectivity index is 2.18. The molecule has 0 atom stereocenters. The number of halogens is 1. The van der Waals surface area contributed by atoms with Crippen LogP contribution in [0.5, 0.6) is 0 Å². The van der Waals surface area contributed by atoms with Gasteiger partial charge in [-0.3, -0.25) is 4.79 Å². The van der Waals surface area contributed by atoms with E-state index in [4.69, 9.17) is 11.6 Å². The molecule has 2 N–H and O–H groups in total. The number of amides is 1. The van der Waals surface area contributed by atoms with Crippen LogP contribution in [0.3, 0.4) is 0 Å². The van der Waals surface area contributed by atoms with Gasteiger partial charge in [0.2, 0.25) is 0 Å². The highest BCUT2D eigenvalue weighted by molar-refractivity contribution is 6.31. The molecule has 0 radical (unpaired) electrons. The molecular weight excluding hydrogens is 288 g/mol. The number of nitrogens with zero attached hydrogens (tertiary/aromatic N) is 2. The fourth-order valence-electron chi connectivity index (χ4n) is 1.79. The first-order valence-corrected chi connectivity index (χ1v) is 7.00. The predicted octanol–water partition coefficient (Wildman–Crippen LogP) is 3.51. The van der Waals surface area contributed by atoms with Gasteiger partial charge in [0, 0.05) is 22.8 Å². The lowest BCUT2D eigenvalue weighted by molar-refractivity contribution is 0.102. The molecule has 0 bridgehead atoms. The minimum atomic E-state index is -0.297. The van der Waals surface area contributed by atoms with Gasteiger partial charge in [0.1, 0.15) is 17.8 Å². The predicted molar refractivity (Wildman–Crippen MR) is 84.9 cm³/mol. The fourth-order valence-corrected chi connectivity index (χ4v) is 1.96. The number of aromatic nitrogens is 2. The second-order valence-corrected chi connectivity index (χ2v) is 5.36. The van der Waals surface area contributed by atoms with Crippen LogP contribution in [0.25, 0.3) is 0 Å². The highest BCUT2D eigenvalue weighted by Crippen LogP contribution is 2.23. The molecule has 0 aliphatic heterocycles.